The number of benzene rings is 9. The minimum absolute atomic E-state index is 0.0417. The summed E-state index contributed by atoms with van der Waals surface area (Å²) < 4.78 is 0. The summed E-state index contributed by atoms with van der Waals surface area (Å²) in [4.78, 5) is 25.8. The second kappa shape index (κ2) is 16.1. The van der Waals surface area contributed by atoms with Crippen LogP contribution in [-0.4, -0.2) is 24.9 Å². The topological polar surface area (TPSA) is 64.5 Å². The molecule has 4 aliphatic carbocycles. The Bertz CT molecular complexity index is 3860. The zero-order chi connectivity index (χ0) is 47.2. The lowest BCUT2D eigenvalue weighted by atomic mass is 9.60. The monoisotopic (exact) mass is 907 g/mol. The zero-order valence-electron chi connectivity index (χ0n) is 39.3. The largest absolute Gasteiger partial charge is 0.228 e. The third-order valence-electron chi connectivity index (χ3n) is 15.1. The van der Waals surface area contributed by atoms with Crippen molar-refractivity contribution in [3.05, 3.63) is 269 Å². The van der Waals surface area contributed by atoms with E-state index in [0.29, 0.717) is 23.3 Å². The van der Waals surface area contributed by atoms with Crippen LogP contribution < -0.4 is 0 Å². The molecular weight excluding hydrogens is 863 g/mol. The molecule has 0 amide bonds. The van der Waals surface area contributed by atoms with Crippen LogP contribution in [0.5, 0.6) is 0 Å². The molecule has 2 aromatic heterocycles. The fourth-order valence-corrected chi connectivity index (χ4v) is 11.8. The maximum absolute atomic E-state index is 5.34. The van der Waals surface area contributed by atoms with Gasteiger partial charge in [0.15, 0.2) is 23.3 Å². The van der Waals surface area contributed by atoms with Crippen LogP contribution in [0.3, 0.4) is 0 Å². The van der Waals surface area contributed by atoms with Gasteiger partial charge in [0.1, 0.15) is 0 Å². The highest BCUT2D eigenvalue weighted by molar-refractivity contribution is 5.89. The van der Waals surface area contributed by atoms with Gasteiger partial charge < -0.3 is 0 Å². The maximum Gasteiger partial charge on any atom is 0.164 e. The summed E-state index contributed by atoms with van der Waals surface area (Å²) >= 11 is 0. The maximum atomic E-state index is 5.34. The molecular formula is C66H45N5. The summed E-state index contributed by atoms with van der Waals surface area (Å²) in [5.41, 5.74) is 23.4. The number of nitrogens with zero attached hydrogens (tertiary/aromatic N) is 5. The zero-order valence-corrected chi connectivity index (χ0v) is 39.3. The molecule has 11 aromatic rings. The van der Waals surface area contributed by atoms with Crippen molar-refractivity contribution < 1.29 is 0 Å². The number of hydrogen-bond acceptors (Lipinski definition) is 5. The lowest BCUT2D eigenvalue weighted by molar-refractivity contribution is 0.662. The van der Waals surface area contributed by atoms with E-state index in [1.807, 2.05) is 42.5 Å². The van der Waals surface area contributed by atoms with E-state index in [4.69, 9.17) is 24.9 Å². The van der Waals surface area contributed by atoms with E-state index < -0.39 is 0 Å². The summed E-state index contributed by atoms with van der Waals surface area (Å²) in [6.45, 7) is 4.71. The Morgan fingerprint density at radius 3 is 1.30 bits per heavy atom. The van der Waals surface area contributed by atoms with Gasteiger partial charge >= 0.3 is 0 Å². The molecule has 0 N–H and O–H groups in total. The summed E-state index contributed by atoms with van der Waals surface area (Å²) in [6, 6.07) is 80.2. The van der Waals surface area contributed by atoms with Crippen molar-refractivity contribution in [3.8, 4) is 90.3 Å². The SMILES string of the molecule is CC1(C)c2ccccc2-c2cccc(-c3cccc(-c4cc(-c5ccc6c(c5)C5c7ccccc7C6c6cc(-c7nc(-c8ccccc8)nc(-c8ccccc8)n7)ccc65)nc(-c5ccccc5)n4)c3)c21. The van der Waals surface area contributed by atoms with Crippen LogP contribution in [0, 0.1) is 0 Å². The minimum atomic E-state index is -0.135. The van der Waals surface area contributed by atoms with Crippen LogP contribution in [-0.2, 0) is 5.41 Å². The quantitative estimate of drug-likeness (QED) is 0.159. The molecule has 2 atom stereocenters. The smallest absolute Gasteiger partial charge is 0.164 e. The van der Waals surface area contributed by atoms with Gasteiger partial charge in [-0.3, -0.25) is 0 Å². The van der Waals surface area contributed by atoms with E-state index >= 15 is 0 Å². The van der Waals surface area contributed by atoms with Crippen LogP contribution in [0.2, 0.25) is 0 Å². The van der Waals surface area contributed by atoms with Crippen molar-refractivity contribution in [2.45, 2.75) is 31.1 Å². The molecule has 0 saturated carbocycles. The van der Waals surface area contributed by atoms with Gasteiger partial charge in [-0.05, 0) is 91.0 Å². The van der Waals surface area contributed by atoms with E-state index in [1.165, 1.54) is 66.8 Å². The Hall–Kier alpha value is -8.93. The van der Waals surface area contributed by atoms with Gasteiger partial charge in [0.2, 0.25) is 0 Å². The van der Waals surface area contributed by atoms with Crippen molar-refractivity contribution in [3.63, 3.8) is 0 Å². The highest BCUT2D eigenvalue weighted by atomic mass is 15.0. The van der Waals surface area contributed by atoms with Gasteiger partial charge in [0.05, 0.1) is 11.4 Å². The summed E-state index contributed by atoms with van der Waals surface area (Å²) in [5, 5.41) is 0. The second-order valence-corrected chi connectivity index (χ2v) is 19.5. The Morgan fingerprint density at radius 1 is 0.282 bits per heavy atom. The average molecular weight is 908 g/mol. The third-order valence-corrected chi connectivity index (χ3v) is 15.1. The van der Waals surface area contributed by atoms with Crippen molar-refractivity contribution in [1.82, 2.24) is 24.9 Å². The first-order valence-corrected chi connectivity index (χ1v) is 24.5. The molecule has 9 aromatic carbocycles. The van der Waals surface area contributed by atoms with Gasteiger partial charge in [0.25, 0.3) is 0 Å². The molecule has 2 heterocycles. The summed E-state index contributed by atoms with van der Waals surface area (Å²) in [5.74, 6) is 2.76. The molecule has 334 valence electrons. The predicted octanol–water partition coefficient (Wildman–Crippen LogP) is 15.6. The molecule has 0 aliphatic heterocycles. The summed E-state index contributed by atoms with van der Waals surface area (Å²) in [7, 11) is 0. The van der Waals surface area contributed by atoms with Crippen LogP contribution >= 0.6 is 0 Å². The fourth-order valence-electron chi connectivity index (χ4n) is 11.8. The molecule has 4 aliphatic rings. The highest BCUT2D eigenvalue weighted by Crippen LogP contribution is 2.57. The normalized spacial score (nSPS) is 15.3. The fraction of sp³-hybridized carbons (Fsp3) is 0.0758. The Kier molecular flexibility index (Phi) is 9.30. The van der Waals surface area contributed by atoms with Gasteiger partial charge in [0, 0.05) is 50.6 Å². The van der Waals surface area contributed by atoms with Crippen molar-refractivity contribution in [2.75, 3.05) is 0 Å². The Labute approximate surface area is 413 Å². The van der Waals surface area contributed by atoms with E-state index in [0.717, 1.165) is 44.8 Å². The Balaban J connectivity index is 0.878. The van der Waals surface area contributed by atoms with E-state index in [-0.39, 0.29) is 17.3 Å². The number of fused-ring (bicyclic) bond motifs is 3. The van der Waals surface area contributed by atoms with E-state index in [9.17, 15) is 0 Å². The number of aromatic nitrogens is 5. The van der Waals surface area contributed by atoms with Gasteiger partial charge in [-0.15, -0.1) is 0 Å². The van der Waals surface area contributed by atoms with Crippen LogP contribution in [0.4, 0.5) is 0 Å². The first-order chi connectivity index (χ1) is 34.9. The highest BCUT2D eigenvalue weighted by Gasteiger charge is 2.42. The standard InChI is InChI=1S/C66H45N5/c1-66(2)56-31-15-14-26-48(56)53-30-17-29-47(61(53)66)43-24-16-25-44(36-43)57-39-58(68-62(67-57)40-18-6-3-7-19-40)45-32-34-51-54(37-45)59-49-27-12-13-28-50(49)60(51)55-38-46(33-35-52(55)59)65-70-63(41-20-8-4-9-21-41)69-64(71-65)42-22-10-5-11-23-42/h3-39,59-60H,1-2H3. The van der Waals surface area contributed by atoms with Gasteiger partial charge in [-0.2, -0.15) is 0 Å². The lowest BCUT2D eigenvalue weighted by Crippen LogP contribution is -2.27. The molecule has 2 unspecified atom stereocenters. The van der Waals surface area contributed by atoms with E-state index in [1.54, 1.807) is 0 Å². The molecule has 0 saturated heterocycles. The van der Waals surface area contributed by atoms with E-state index in [2.05, 4.69) is 196 Å². The predicted molar refractivity (Wildman–Crippen MR) is 286 cm³/mol. The second-order valence-electron chi connectivity index (χ2n) is 19.5. The molecule has 71 heavy (non-hydrogen) atoms. The molecule has 15 rings (SSSR count). The molecule has 0 fully saturated rings. The van der Waals surface area contributed by atoms with Crippen LogP contribution in [0.25, 0.3) is 90.3 Å². The molecule has 2 bridgehead atoms. The van der Waals surface area contributed by atoms with Gasteiger partial charge in [-0.25, -0.2) is 24.9 Å². The molecule has 5 nitrogen and oxygen atoms in total. The lowest BCUT2D eigenvalue weighted by Gasteiger charge is -2.42. The number of hydrogen-bond donors (Lipinski definition) is 0. The molecule has 0 spiro atoms. The van der Waals surface area contributed by atoms with Crippen LogP contribution in [0.1, 0.15) is 70.2 Å². The number of rotatable bonds is 7. The van der Waals surface area contributed by atoms with Crippen molar-refractivity contribution in [2.24, 2.45) is 0 Å². The van der Waals surface area contributed by atoms with Crippen molar-refractivity contribution in [1.29, 1.82) is 0 Å². The minimum Gasteiger partial charge on any atom is -0.228 e. The van der Waals surface area contributed by atoms with Gasteiger partial charge in [-0.1, -0.05) is 214 Å². The first kappa shape index (κ1) is 41.1. The van der Waals surface area contributed by atoms with Crippen molar-refractivity contribution >= 4 is 0 Å². The summed E-state index contributed by atoms with van der Waals surface area (Å²) in [6.07, 6.45) is 0. The van der Waals surface area contributed by atoms with Crippen LogP contribution in [0.15, 0.2) is 224 Å². The first-order valence-electron chi connectivity index (χ1n) is 24.5. The Morgan fingerprint density at radius 2 is 0.690 bits per heavy atom. The molecule has 5 heteroatoms. The third kappa shape index (κ3) is 6.65. The molecule has 0 radical (unpaired) electrons. The average Bonchev–Trinajstić information content (AvgIpc) is 3.69.